The van der Waals surface area contributed by atoms with Gasteiger partial charge in [-0.3, -0.25) is 0 Å². The van der Waals surface area contributed by atoms with E-state index in [0.29, 0.717) is 6.10 Å². The van der Waals surface area contributed by atoms with Crippen LogP contribution in [-0.2, 0) is 4.74 Å². The summed E-state index contributed by atoms with van der Waals surface area (Å²) in [5.74, 6) is 1.01. The lowest BCUT2D eigenvalue weighted by Gasteiger charge is -2.27. The number of nitrogens with two attached hydrogens (primary N) is 1. The Bertz CT molecular complexity index is 375. The molecule has 4 heteroatoms. The molecule has 2 heterocycles. The lowest BCUT2D eigenvalue weighted by atomic mass is 10.1. The van der Waals surface area contributed by atoms with Gasteiger partial charge < -0.3 is 15.4 Å². The molecule has 0 saturated carbocycles. The molecule has 4 nitrogen and oxygen atoms in total. The maximum absolute atomic E-state index is 6.02. The summed E-state index contributed by atoms with van der Waals surface area (Å²) in [4.78, 5) is 6.78. The number of rotatable bonds is 5. The standard InChI is InChI=1S/C14H23N3O/c1-3-17(10-12-6-5-9-18-12)14-13(11(2)15)7-4-8-16-14/h4,7-8,11-12H,3,5-6,9-10,15H2,1-2H3. The molecule has 2 unspecified atom stereocenters. The summed E-state index contributed by atoms with van der Waals surface area (Å²) in [7, 11) is 0. The summed E-state index contributed by atoms with van der Waals surface area (Å²) in [6, 6.07) is 4.01. The summed E-state index contributed by atoms with van der Waals surface area (Å²) in [5, 5.41) is 0. The van der Waals surface area contributed by atoms with Gasteiger partial charge in [0.15, 0.2) is 0 Å². The van der Waals surface area contributed by atoms with E-state index in [1.807, 2.05) is 19.2 Å². The highest BCUT2D eigenvalue weighted by atomic mass is 16.5. The van der Waals surface area contributed by atoms with Gasteiger partial charge in [0.1, 0.15) is 5.82 Å². The highest BCUT2D eigenvalue weighted by Gasteiger charge is 2.21. The molecule has 1 aromatic heterocycles. The van der Waals surface area contributed by atoms with Gasteiger partial charge in [0.25, 0.3) is 0 Å². The van der Waals surface area contributed by atoms with Crippen LogP contribution in [0.5, 0.6) is 0 Å². The maximum Gasteiger partial charge on any atom is 0.133 e. The predicted octanol–water partition coefficient (Wildman–Crippen LogP) is 2.11. The van der Waals surface area contributed by atoms with E-state index >= 15 is 0 Å². The highest BCUT2D eigenvalue weighted by Crippen LogP contribution is 2.24. The van der Waals surface area contributed by atoms with Crippen molar-refractivity contribution < 1.29 is 4.74 Å². The van der Waals surface area contributed by atoms with Crippen molar-refractivity contribution >= 4 is 5.82 Å². The molecule has 1 aliphatic heterocycles. The molecule has 0 radical (unpaired) electrons. The summed E-state index contributed by atoms with van der Waals surface area (Å²) in [6.45, 7) is 6.88. The van der Waals surface area contributed by atoms with E-state index in [1.165, 1.54) is 6.42 Å². The fourth-order valence-corrected chi connectivity index (χ4v) is 2.43. The minimum atomic E-state index is 0.00671. The zero-order valence-corrected chi connectivity index (χ0v) is 11.3. The van der Waals surface area contributed by atoms with Gasteiger partial charge in [-0.1, -0.05) is 6.07 Å². The zero-order valence-electron chi connectivity index (χ0n) is 11.3. The van der Waals surface area contributed by atoms with Crippen molar-refractivity contribution in [2.75, 3.05) is 24.6 Å². The number of pyridine rings is 1. The summed E-state index contributed by atoms with van der Waals surface area (Å²) in [6.07, 6.45) is 4.49. The van der Waals surface area contributed by atoms with Gasteiger partial charge in [-0.2, -0.15) is 0 Å². The van der Waals surface area contributed by atoms with Gasteiger partial charge >= 0.3 is 0 Å². The number of aromatic nitrogens is 1. The Morgan fingerprint density at radius 1 is 1.61 bits per heavy atom. The molecule has 0 spiro atoms. The Kier molecular flexibility index (Phi) is 4.55. The minimum Gasteiger partial charge on any atom is -0.376 e. The van der Waals surface area contributed by atoms with Crippen molar-refractivity contribution in [3.63, 3.8) is 0 Å². The third kappa shape index (κ3) is 3.00. The summed E-state index contributed by atoms with van der Waals surface area (Å²) < 4.78 is 5.71. The summed E-state index contributed by atoms with van der Waals surface area (Å²) in [5.41, 5.74) is 7.13. The molecule has 18 heavy (non-hydrogen) atoms. The number of likely N-dealkylation sites (N-methyl/N-ethyl adjacent to an activating group) is 1. The topological polar surface area (TPSA) is 51.4 Å². The number of ether oxygens (including phenoxy) is 1. The first-order valence-electron chi connectivity index (χ1n) is 6.79. The van der Waals surface area contributed by atoms with Crippen LogP contribution in [0.25, 0.3) is 0 Å². The Morgan fingerprint density at radius 3 is 3.06 bits per heavy atom. The Labute approximate surface area is 109 Å². The number of hydrogen-bond acceptors (Lipinski definition) is 4. The fourth-order valence-electron chi connectivity index (χ4n) is 2.43. The van der Waals surface area contributed by atoms with Crippen molar-refractivity contribution in [1.82, 2.24) is 4.98 Å². The fraction of sp³-hybridized carbons (Fsp3) is 0.643. The van der Waals surface area contributed by atoms with Gasteiger partial charge in [0, 0.05) is 37.5 Å². The van der Waals surface area contributed by atoms with Gasteiger partial charge in [-0.15, -0.1) is 0 Å². The average molecular weight is 249 g/mol. The Morgan fingerprint density at radius 2 is 2.44 bits per heavy atom. The molecular weight excluding hydrogens is 226 g/mol. The molecule has 2 rings (SSSR count). The van der Waals surface area contributed by atoms with Gasteiger partial charge in [0.05, 0.1) is 6.10 Å². The average Bonchev–Trinajstić information content (AvgIpc) is 2.88. The van der Waals surface area contributed by atoms with Crippen molar-refractivity contribution in [2.24, 2.45) is 5.73 Å². The van der Waals surface area contributed by atoms with Crippen LogP contribution in [-0.4, -0.2) is 30.8 Å². The molecule has 1 aliphatic rings. The predicted molar refractivity (Wildman–Crippen MR) is 73.7 cm³/mol. The maximum atomic E-state index is 6.02. The second kappa shape index (κ2) is 6.16. The highest BCUT2D eigenvalue weighted by molar-refractivity contribution is 5.48. The van der Waals surface area contributed by atoms with Gasteiger partial charge in [-0.25, -0.2) is 4.98 Å². The normalized spacial score (nSPS) is 20.9. The van der Waals surface area contributed by atoms with Crippen molar-refractivity contribution in [3.05, 3.63) is 23.9 Å². The van der Waals surface area contributed by atoms with Crippen LogP contribution in [0.4, 0.5) is 5.82 Å². The largest absolute Gasteiger partial charge is 0.376 e. The zero-order chi connectivity index (χ0) is 13.0. The SMILES string of the molecule is CCN(CC1CCCO1)c1ncccc1C(C)N. The molecular formula is C14H23N3O. The smallest absolute Gasteiger partial charge is 0.133 e. The van der Waals surface area contributed by atoms with Gasteiger partial charge in [-0.05, 0) is 32.8 Å². The molecule has 0 aromatic carbocycles. The van der Waals surface area contributed by atoms with E-state index in [9.17, 15) is 0 Å². The Hall–Kier alpha value is -1.13. The van der Waals surface area contributed by atoms with Crippen molar-refractivity contribution in [3.8, 4) is 0 Å². The molecule has 1 fully saturated rings. The number of nitrogens with zero attached hydrogens (tertiary/aromatic N) is 2. The van der Waals surface area contributed by atoms with Crippen molar-refractivity contribution in [1.29, 1.82) is 0 Å². The van der Waals surface area contributed by atoms with Crippen LogP contribution in [0.15, 0.2) is 18.3 Å². The molecule has 1 aromatic rings. The summed E-state index contributed by atoms with van der Waals surface area (Å²) >= 11 is 0. The third-order valence-corrected chi connectivity index (χ3v) is 3.44. The van der Waals surface area contributed by atoms with Crippen LogP contribution in [0, 0.1) is 0 Å². The molecule has 2 atom stereocenters. The van der Waals surface area contributed by atoms with Crippen LogP contribution >= 0.6 is 0 Å². The number of anilines is 1. The van der Waals surface area contributed by atoms with Crippen LogP contribution in [0.1, 0.15) is 38.3 Å². The number of hydrogen-bond donors (Lipinski definition) is 1. The lowest BCUT2D eigenvalue weighted by molar-refractivity contribution is 0.115. The van der Waals surface area contributed by atoms with Crippen LogP contribution < -0.4 is 10.6 Å². The first-order chi connectivity index (χ1) is 8.72. The van der Waals surface area contributed by atoms with Gasteiger partial charge in [0.2, 0.25) is 0 Å². The van der Waals surface area contributed by atoms with E-state index in [4.69, 9.17) is 10.5 Å². The first-order valence-corrected chi connectivity index (χ1v) is 6.79. The Balaban J connectivity index is 2.15. The molecule has 0 bridgehead atoms. The van der Waals surface area contributed by atoms with Crippen LogP contribution in [0.3, 0.4) is 0 Å². The minimum absolute atomic E-state index is 0.00671. The quantitative estimate of drug-likeness (QED) is 0.868. The molecule has 0 amide bonds. The molecule has 100 valence electrons. The third-order valence-electron chi connectivity index (χ3n) is 3.44. The second-order valence-electron chi connectivity index (χ2n) is 4.88. The van der Waals surface area contributed by atoms with Crippen molar-refractivity contribution in [2.45, 2.75) is 38.8 Å². The first kappa shape index (κ1) is 13.3. The monoisotopic (exact) mass is 249 g/mol. The van der Waals surface area contributed by atoms with E-state index in [1.54, 1.807) is 0 Å². The van der Waals surface area contributed by atoms with E-state index in [-0.39, 0.29) is 6.04 Å². The van der Waals surface area contributed by atoms with E-state index in [0.717, 1.165) is 37.5 Å². The lowest BCUT2D eigenvalue weighted by Crippen LogP contribution is -2.33. The van der Waals surface area contributed by atoms with Crippen LogP contribution in [0.2, 0.25) is 0 Å². The van der Waals surface area contributed by atoms with E-state index < -0.39 is 0 Å². The molecule has 1 saturated heterocycles. The van der Waals surface area contributed by atoms with E-state index in [2.05, 4.69) is 22.9 Å². The molecule has 2 N–H and O–H groups in total. The second-order valence-corrected chi connectivity index (χ2v) is 4.88. The molecule has 0 aliphatic carbocycles.